The van der Waals surface area contributed by atoms with E-state index in [0.29, 0.717) is 16.2 Å². The Kier molecular flexibility index (Phi) is 6.79. The topological polar surface area (TPSA) is 69.2 Å². The SMILES string of the molecule is [B+2]c1cc(Cl)cc(OC)c1.[OH-].[OH-]. The van der Waals surface area contributed by atoms with Gasteiger partial charge in [-0.2, -0.15) is 0 Å². The molecule has 0 aliphatic heterocycles. The Labute approximate surface area is 77.3 Å². The zero-order chi connectivity index (χ0) is 7.56. The van der Waals surface area contributed by atoms with Gasteiger partial charge >= 0.3 is 65.7 Å². The maximum absolute atomic E-state index is 5.67. The standard InChI is InChI=1S/C7H6BClO.2H2O/c1-10-7-3-5(8)2-6(9)4-7;;/h2-4H,1H3;2*1H2/q+2;;/p-2. The van der Waals surface area contributed by atoms with Crippen LogP contribution in [0.5, 0.6) is 5.75 Å². The summed E-state index contributed by atoms with van der Waals surface area (Å²) in [4.78, 5) is 0. The Bertz CT molecular complexity index is 222. The number of halogens is 1. The van der Waals surface area contributed by atoms with Crippen molar-refractivity contribution in [3.05, 3.63) is 23.2 Å². The van der Waals surface area contributed by atoms with E-state index in [1.165, 1.54) is 0 Å². The molecule has 0 fully saturated rings. The fraction of sp³-hybridized carbons (Fsp3) is 0.143. The molecule has 0 amide bonds. The summed E-state index contributed by atoms with van der Waals surface area (Å²) in [6, 6.07) is 5.09. The number of hydrogen-bond donors (Lipinski definition) is 0. The van der Waals surface area contributed by atoms with Crippen LogP contribution in [0.15, 0.2) is 18.2 Å². The molecular weight excluding hydrogens is 178 g/mol. The summed E-state index contributed by atoms with van der Waals surface area (Å²) in [6.45, 7) is 0. The predicted molar refractivity (Wildman–Crippen MR) is 47.3 cm³/mol. The Morgan fingerprint density at radius 3 is 2.25 bits per heavy atom. The van der Waals surface area contributed by atoms with Crippen LogP contribution >= 0.6 is 11.6 Å². The van der Waals surface area contributed by atoms with Gasteiger partial charge in [-0.05, 0) is 0 Å². The zero-order valence-corrected chi connectivity index (χ0v) is 7.25. The summed E-state index contributed by atoms with van der Waals surface area (Å²) in [7, 11) is 7.05. The molecule has 0 spiro atoms. The van der Waals surface area contributed by atoms with Crippen molar-refractivity contribution in [1.29, 1.82) is 0 Å². The largest absolute Gasteiger partial charge is 0.870 e. The van der Waals surface area contributed by atoms with Crippen molar-refractivity contribution in [1.82, 2.24) is 0 Å². The van der Waals surface area contributed by atoms with Gasteiger partial charge in [-0.1, -0.05) is 0 Å². The van der Waals surface area contributed by atoms with Gasteiger partial charge in [0.1, 0.15) is 0 Å². The predicted octanol–water partition coefficient (Wildman–Crippen LogP) is 0.789. The molecule has 1 aromatic carbocycles. The van der Waals surface area contributed by atoms with Gasteiger partial charge in [-0.3, -0.25) is 0 Å². The molecule has 0 unspecified atom stereocenters. The molecule has 0 atom stereocenters. The molecule has 64 valence electrons. The second-order valence-corrected chi connectivity index (χ2v) is 2.36. The molecule has 3 nitrogen and oxygen atoms in total. The summed E-state index contributed by atoms with van der Waals surface area (Å²) in [5.74, 6) is 0.685. The van der Waals surface area contributed by atoms with Crippen molar-refractivity contribution < 1.29 is 15.7 Å². The first-order valence-electron chi connectivity index (χ1n) is 2.82. The summed E-state index contributed by atoms with van der Waals surface area (Å²) < 4.78 is 4.91. The van der Waals surface area contributed by atoms with E-state index in [0.717, 1.165) is 0 Å². The van der Waals surface area contributed by atoms with E-state index in [1.807, 2.05) is 0 Å². The number of benzene rings is 1. The van der Waals surface area contributed by atoms with Gasteiger partial charge in [0.05, 0.1) is 0 Å². The van der Waals surface area contributed by atoms with Crippen molar-refractivity contribution in [2.24, 2.45) is 0 Å². The third-order valence-corrected chi connectivity index (χ3v) is 1.35. The molecule has 2 N–H and O–H groups in total. The summed E-state index contributed by atoms with van der Waals surface area (Å²) in [5.41, 5.74) is 0.615. The van der Waals surface area contributed by atoms with Crippen molar-refractivity contribution in [3.63, 3.8) is 0 Å². The van der Waals surface area contributed by atoms with Crippen molar-refractivity contribution in [2.75, 3.05) is 7.11 Å². The first-order chi connectivity index (χ1) is 4.72. The molecule has 0 saturated carbocycles. The number of ether oxygens (including phenoxy) is 1. The van der Waals surface area contributed by atoms with E-state index >= 15 is 0 Å². The summed E-state index contributed by atoms with van der Waals surface area (Å²) in [6.07, 6.45) is 0. The van der Waals surface area contributed by atoms with Crippen molar-refractivity contribution >= 4 is 24.9 Å². The first kappa shape index (κ1) is 13.9. The van der Waals surface area contributed by atoms with Gasteiger partial charge in [0, 0.05) is 0 Å². The molecule has 0 bridgehead atoms. The van der Waals surface area contributed by atoms with Gasteiger partial charge in [-0.15, -0.1) is 0 Å². The molecule has 0 heterocycles. The maximum atomic E-state index is 5.67. The fourth-order valence-corrected chi connectivity index (χ4v) is 0.936. The second-order valence-electron chi connectivity index (χ2n) is 1.92. The van der Waals surface area contributed by atoms with Crippen LogP contribution < -0.4 is 10.2 Å². The van der Waals surface area contributed by atoms with Crippen LogP contribution in [0.4, 0.5) is 0 Å². The molecule has 0 aliphatic carbocycles. The van der Waals surface area contributed by atoms with Gasteiger partial charge in [0.2, 0.25) is 0 Å². The second kappa shape index (κ2) is 5.88. The fourth-order valence-electron chi connectivity index (χ4n) is 0.702. The third-order valence-electron chi connectivity index (χ3n) is 1.13. The van der Waals surface area contributed by atoms with E-state index in [4.69, 9.17) is 24.2 Å². The van der Waals surface area contributed by atoms with Crippen LogP contribution in [-0.4, -0.2) is 25.9 Å². The average Bonchev–Trinajstić information content (AvgIpc) is 1.85. The van der Waals surface area contributed by atoms with E-state index in [1.54, 1.807) is 25.3 Å². The minimum Gasteiger partial charge on any atom is -0.870 e. The molecule has 1 aromatic rings. The molecule has 0 radical (unpaired) electrons. The van der Waals surface area contributed by atoms with Gasteiger partial charge in [-0.25, -0.2) is 0 Å². The minimum absolute atomic E-state index is 0. The molecule has 0 saturated heterocycles. The summed E-state index contributed by atoms with van der Waals surface area (Å²) >= 11 is 5.67. The molecular formula is C7H8BClO3. The van der Waals surface area contributed by atoms with Crippen LogP contribution in [0, 0.1) is 0 Å². The Hall–Kier alpha value is -0.705. The number of methoxy groups -OCH3 is 1. The van der Waals surface area contributed by atoms with Crippen molar-refractivity contribution in [3.8, 4) is 5.75 Å². The van der Waals surface area contributed by atoms with Crippen LogP contribution in [0.25, 0.3) is 0 Å². The third kappa shape index (κ3) is 3.62. The van der Waals surface area contributed by atoms with E-state index in [9.17, 15) is 0 Å². The molecule has 0 aromatic heterocycles. The van der Waals surface area contributed by atoms with Crippen LogP contribution in [0.2, 0.25) is 5.02 Å². The van der Waals surface area contributed by atoms with E-state index < -0.39 is 0 Å². The maximum Gasteiger partial charge on any atom is -0.870 e. The van der Waals surface area contributed by atoms with E-state index in [-0.39, 0.29) is 11.0 Å². The van der Waals surface area contributed by atoms with Gasteiger partial charge in [0.15, 0.2) is 0 Å². The molecule has 0 aliphatic rings. The Morgan fingerprint density at radius 1 is 1.25 bits per heavy atom. The minimum atomic E-state index is 0. The van der Waals surface area contributed by atoms with Gasteiger partial charge in [0.25, 0.3) is 0 Å². The van der Waals surface area contributed by atoms with Crippen molar-refractivity contribution in [2.45, 2.75) is 0 Å². The molecule has 12 heavy (non-hydrogen) atoms. The van der Waals surface area contributed by atoms with Gasteiger partial charge < -0.3 is 11.0 Å². The molecule has 1 rings (SSSR count). The summed E-state index contributed by atoms with van der Waals surface area (Å²) in [5, 5.41) is 0.594. The molecule has 5 heteroatoms. The quantitative estimate of drug-likeness (QED) is 0.609. The van der Waals surface area contributed by atoms with Crippen LogP contribution in [0.1, 0.15) is 0 Å². The van der Waals surface area contributed by atoms with Crippen LogP contribution in [-0.2, 0) is 0 Å². The number of rotatable bonds is 1. The first-order valence-corrected chi connectivity index (χ1v) is 3.20. The average molecular weight is 186 g/mol. The Morgan fingerprint density at radius 2 is 1.83 bits per heavy atom. The zero-order valence-electron chi connectivity index (χ0n) is 6.49. The normalized spacial score (nSPS) is 8.00. The smallest absolute Gasteiger partial charge is 0.870 e. The monoisotopic (exact) mass is 186 g/mol. The van der Waals surface area contributed by atoms with Crippen LogP contribution in [0.3, 0.4) is 0 Å². The van der Waals surface area contributed by atoms with E-state index in [2.05, 4.69) is 0 Å². The number of hydrogen-bond acceptors (Lipinski definition) is 3. The Balaban J connectivity index is 0.